The van der Waals surface area contributed by atoms with Crippen molar-refractivity contribution in [2.45, 2.75) is 19.3 Å². The summed E-state index contributed by atoms with van der Waals surface area (Å²) < 4.78 is 1.10. The second kappa shape index (κ2) is 5.79. The van der Waals surface area contributed by atoms with Gasteiger partial charge in [0.2, 0.25) is 0 Å². The zero-order valence-corrected chi connectivity index (χ0v) is 15.0. The van der Waals surface area contributed by atoms with E-state index in [9.17, 15) is 5.11 Å². The number of phenolic OH excluding ortho intramolecular Hbond substituents is 1. The summed E-state index contributed by atoms with van der Waals surface area (Å²) in [5.41, 5.74) is 9.13. The molecule has 0 bridgehead atoms. The highest BCUT2D eigenvalue weighted by atomic mass is 32.1. The average Bonchev–Trinajstić information content (AvgIpc) is 3.11. The first-order valence-corrected chi connectivity index (χ1v) is 9.04. The molecule has 0 aliphatic rings. The molecular formula is C20H19N3OS. The highest BCUT2D eigenvalue weighted by Crippen LogP contribution is 2.40. The maximum Gasteiger partial charge on any atom is 0.124 e. The van der Waals surface area contributed by atoms with E-state index < -0.39 is 0 Å². The molecule has 3 heterocycles. The number of aromatic nitrogens is 2. The van der Waals surface area contributed by atoms with Crippen molar-refractivity contribution in [1.82, 2.24) is 9.97 Å². The molecule has 1 aromatic carbocycles. The van der Waals surface area contributed by atoms with E-state index in [1.54, 1.807) is 17.4 Å². The van der Waals surface area contributed by atoms with Gasteiger partial charge in [-0.05, 0) is 29.6 Å². The summed E-state index contributed by atoms with van der Waals surface area (Å²) in [7, 11) is 0. The van der Waals surface area contributed by atoms with E-state index >= 15 is 0 Å². The van der Waals surface area contributed by atoms with Gasteiger partial charge in [-0.1, -0.05) is 19.9 Å². The summed E-state index contributed by atoms with van der Waals surface area (Å²) in [5, 5.41) is 14.7. The molecule has 3 N–H and O–H groups in total. The van der Waals surface area contributed by atoms with Crippen LogP contribution in [0.3, 0.4) is 0 Å². The second-order valence-electron chi connectivity index (χ2n) is 6.83. The van der Waals surface area contributed by atoms with Crippen LogP contribution in [0.1, 0.15) is 19.5 Å². The lowest BCUT2D eigenvalue weighted by Gasteiger charge is -2.21. The lowest BCUT2D eigenvalue weighted by molar-refractivity contribution is 0.478. The number of fused-ring (bicyclic) bond motifs is 3. The number of nitrogens with two attached hydrogens (primary N) is 1. The van der Waals surface area contributed by atoms with Gasteiger partial charge in [0.1, 0.15) is 5.75 Å². The largest absolute Gasteiger partial charge is 0.507 e. The third-order valence-corrected chi connectivity index (χ3v) is 5.55. The molecule has 0 amide bonds. The molecule has 0 radical (unpaired) electrons. The molecule has 0 spiro atoms. The number of thiophene rings is 1. The first kappa shape index (κ1) is 16.0. The summed E-state index contributed by atoms with van der Waals surface area (Å²) in [4.78, 5) is 9.15. The molecule has 3 aromatic heterocycles. The SMILES string of the molecule is CC(C)(CN)c1ccc(-c2c(O)ccc3ncc4sccc4c23)cn1. The molecule has 0 aliphatic heterocycles. The fourth-order valence-electron chi connectivity index (χ4n) is 3.06. The van der Waals surface area contributed by atoms with Crippen molar-refractivity contribution in [3.05, 3.63) is 53.8 Å². The quantitative estimate of drug-likeness (QED) is 0.573. The topological polar surface area (TPSA) is 72.0 Å². The van der Waals surface area contributed by atoms with E-state index in [-0.39, 0.29) is 11.2 Å². The lowest BCUT2D eigenvalue weighted by atomic mass is 9.88. The minimum Gasteiger partial charge on any atom is -0.507 e. The minimum absolute atomic E-state index is 0.179. The number of rotatable bonds is 3. The number of hydrogen-bond acceptors (Lipinski definition) is 5. The van der Waals surface area contributed by atoms with E-state index in [0.29, 0.717) is 6.54 Å². The van der Waals surface area contributed by atoms with Crippen LogP contribution in [-0.2, 0) is 5.41 Å². The van der Waals surface area contributed by atoms with Gasteiger partial charge >= 0.3 is 0 Å². The van der Waals surface area contributed by atoms with E-state index in [1.165, 1.54) is 0 Å². The molecule has 4 aromatic rings. The van der Waals surface area contributed by atoms with Crippen molar-refractivity contribution >= 4 is 32.3 Å². The second-order valence-corrected chi connectivity index (χ2v) is 7.78. The fourth-order valence-corrected chi connectivity index (χ4v) is 3.82. The van der Waals surface area contributed by atoms with Gasteiger partial charge in [0.05, 0.1) is 10.2 Å². The summed E-state index contributed by atoms with van der Waals surface area (Å²) in [6.07, 6.45) is 3.70. The Hall–Kier alpha value is -2.50. The van der Waals surface area contributed by atoms with Crippen LogP contribution in [0.25, 0.3) is 32.1 Å². The number of hydrogen-bond donors (Lipinski definition) is 2. The highest BCUT2D eigenvalue weighted by Gasteiger charge is 2.21. The number of nitrogens with zero attached hydrogens (tertiary/aromatic N) is 2. The van der Waals surface area contributed by atoms with Crippen molar-refractivity contribution in [2.75, 3.05) is 6.54 Å². The third-order valence-electron chi connectivity index (χ3n) is 4.70. The summed E-state index contributed by atoms with van der Waals surface area (Å²) in [6.45, 7) is 4.67. The molecule has 0 unspecified atom stereocenters. The standard InChI is InChI=1S/C20H19N3OS/c1-20(2,11-21)17-6-3-12(9-23-17)18-15(24)5-4-14-19(18)13-7-8-25-16(13)10-22-14/h3-10,24H,11,21H2,1-2H3. The van der Waals surface area contributed by atoms with E-state index in [4.69, 9.17) is 5.73 Å². The van der Waals surface area contributed by atoms with Crippen molar-refractivity contribution in [3.63, 3.8) is 0 Å². The van der Waals surface area contributed by atoms with Crippen LogP contribution in [-0.4, -0.2) is 21.6 Å². The summed E-state index contributed by atoms with van der Waals surface area (Å²) in [5.74, 6) is 0.237. The predicted octanol–water partition coefficient (Wildman–Crippen LogP) is 4.45. The Bertz CT molecular complexity index is 1070. The molecular weight excluding hydrogens is 330 g/mol. The van der Waals surface area contributed by atoms with Gasteiger partial charge in [-0.15, -0.1) is 11.3 Å². The normalized spacial score (nSPS) is 12.1. The minimum atomic E-state index is -0.179. The molecule has 4 nitrogen and oxygen atoms in total. The van der Waals surface area contributed by atoms with Crippen LogP contribution < -0.4 is 5.73 Å². The maximum absolute atomic E-state index is 10.6. The molecule has 0 saturated heterocycles. The van der Waals surface area contributed by atoms with E-state index in [2.05, 4.69) is 29.9 Å². The average molecular weight is 349 g/mol. The zero-order chi connectivity index (χ0) is 17.6. The Balaban J connectivity index is 1.97. The van der Waals surface area contributed by atoms with Gasteiger partial charge in [0.25, 0.3) is 0 Å². The third kappa shape index (κ3) is 2.56. The molecule has 0 aliphatic carbocycles. The Morgan fingerprint density at radius 1 is 1.08 bits per heavy atom. The van der Waals surface area contributed by atoms with Gasteiger partial charge in [0.15, 0.2) is 0 Å². The van der Waals surface area contributed by atoms with Crippen molar-refractivity contribution in [1.29, 1.82) is 0 Å². The molecule has 0 saturated carbocycles. The first-order chi connectivity index (χ1) is 12.0. The van der Waals surface area contributed by atoms with Crippen LogP contribution in [0.2, 0.25) is 0 Å². The number of phenols is 1. The molecule has 25 heavy (non-hydrogen) atoms. The molecule has 5 heteroatoms. The number of aromatic hydroxyl groups is 1. The van der Waals surface area contributed by atoms with Crippen LogP contribution in [0, 0.1) is 0 Å². The van der Waals surface area contributed by atoms with Crippen LogP contribution in [0.4, 0.5) is 0 Å². The Morgan fingerprint density at radius 3 is 2.64 bits per heavy atom. The Labute approximate surface area is 150 Å². The zero-order valence-electron chi connectivity index (χ0n) is 14.2. The van der Waals surface area contributed by atoms with Gasteiger partial charge in [0, 0.05) is 51.9 Å². The highest BCUT2D eigenvalue weighted by molar-refractivity contribution is 7.17. The Kier molecular flexibility index (Phi) is 3.71. The fraction of sp³-hybridized carbons (Fsp3) is 0.200. The smallest absolute Gasteiger partial charge is 0.124 e. The molecule has 0 fully saturated rings. The summed E-state index contributed by atoms with van der Waals surface area (Å²) >= 11 is 1.65. The van der Waals surface area contributed by atoms with Gasteiger partial charge in [-0.25, -0.2) is 0 Å². The van der Waals surface area contributed by atoms with Gasteiger partial charge in [-0.3, -0.25) is 9.97 Å². The lowest BCUT2D eigenvalue weighted by Crippen LogP contribution is -2.29. The Morgan fingerprint density at radius 2 is 1.92 bits per heavy atom. The number of benzene rings is 1. The molecule has 126 valence electrons. The van der Waals surface area contributed by atoms with Crippen molar-refractivity contribution < 1.29 is 5.11 Å². The van der Waals surface area contributed by atoms with Crippen LogP contribution in [0.5, 0.6) is 5.75 Å². The van der Waals surface area contributed by atoms with Crippen LogP contribution >= 0.6 is 11.3 Å². The molecule has 4 rings (SSSR count). The van der Waals surface area contributed by atoms with Crippen LogP contribution in [0.15, 0.2) is 48.1 Å². The van der Waals surface area contributed by atoms with E-state index in [1.807, 2.05) is 36.0 Å². The molecule has 0 atom stereocenters. The monoisotopic (exact) mass is 349 g/mol. The van der Waals surface area contributed by atoms with Gasteiger partial charge in [-0.2, -0.15) is 0 Å². The van der Waals surface area contributed by atoms with Crippen molar-refractivity contribution in [3.8, 4) is 16.9 Å². The first-order valence-electron chi connectivity index (χ1n) is 8.16. The predicted molar refractivity (Wildman–Crippen MR) is 104 cm³/mol. The van der Waals surface area contributed by atoms with Crippen molar-refractivity contribution in [2.24, 2.45) is 5.73 Å². The maximum atomic E-state index is 10.6. The number of pyridine rings is 2. The van der Waals surface area contributed by atoms with Gasteiger partial charge < -0.3 is 10.8 Å². The van der Waals surface area contributed by atoms with E-state index in [0.717, 1.165) is 37.8 Å². The summed E-state index contributed by atoms with van der Waals surface area (Å²) in [6, 6.07) is 9.61.